The minimum Gasteiger partial charge on any atom is -0.286 e. The van der Waals surface area contributed by atoms with Crippen LogP contribution >= 0.6 is 0 Å². The van der Waals surface area contributed by atoms with Gasteiger partial charge in [0.25, 0.3) is 0 Å². The molecule has 13 heavy (non-hydrogen) atoms. The zero-order valence-electron chi connectivity index (χ0n) is 8.19. The molecule has 1 amide bonds. The summed E-state index contributed by atoms with van der Waals surface area (Å²) in [6.07, 6.45) is 0. The van der Waals surface area contributed by atoms with Crippen molar-refractivity contribution >= 4 is 11.6 Å². The van der Waals surface area contributed by atoms with Crippen molar-refractivity contribution in [1.82, 2.24) is 5.01 Å². The van der Waals surface area contributed by atoms with Crippen molar-refractivity contribution in [3.05, 3.63) is 30.3 Å². The Morgan fingerprint density at radius 3 is 2.15 bits per heavy atom. The normalized spacial score (nSPS) is 9.46. The molecule has 0 fully saturated rings. The first-order valence-corrected chi connectivity index (χ1v) is 4.16. The lowest BCUT2D eigenvalue weighted by Gasteiger charge is -2.28. The molecule has 3 nitrogen and oxygen atoms in total. The average molecular weight is 178 g/mol. The highest BCUT2D eigenvalue weighted by Gasteiger charge is 2.08. The van der Waals surface area contributed by atoms with E-state index in [-0.39, 0.29) is 5.91 Å². The van der Waals surface area contributed by atoms with Crippen LogP contribution in [0.4, 0.5) is 5.69 Å². The maximum absolute atomic E-state index is 11.0. The maximum atomic E-state index is 11.0. The summed E-state index contributed by atoms with van der Waals surface area (Å²) in [6, 6.07) is 9.75. The highest BCUT2D eigenvalue weighted by Crippen LogP contribution is 2.12. The predicted octanol–water partition coefficient (Wildman–Crippen LogP) is 1.52. The van der Waals surface area contributed by atoms with Crippen molar-refractivity contribution in [2.75, 3.05) is 19.1 Å². The summed E-state index contributed by atoms with van der Waals surface area (Å²) < 4.78 is 0. The van der Waals surface area contributed by atoms with Crippen LogP contribution in [0.1, 0.15) is 6.92 Å². The topological polar surface area (TPSA) is 23.6 Å². The van der Waals surface area contributed by atoms with Crippen molar-refractivity contribution in [1.29, 1.82) is 0 Å². The second-order valence-corrected chi connectivity index (χ2v) is 2.90. The highest BCUT2D eigenvalue weighted by molar-refractivity contribution is 5.74. The van der Waals surface area contributed by atoms with Crippen LogP contribution < -0.4 is 5.01 Å². The molecule has 70 valence electrons. The Bertz CT molecular complexity index is 284. The Hall–Kier alpha value is -1.51. The molecule has 0 unspecified atom stereocenters. The standard InChI is InChI=1S/C10H14N2O/c1-9(13)11(2)12(3)10-7-5-4-6-8-10/h4-8H,1-3H3. The van der Waals surface area contributed by atoms with E-state index >= 15 is 0 Å². The fraction of sp³-hybridized carbons (Fsp3) is 0.300. The second-order valence-electron chi connectivity index (χ2n) is 2.90. The number of rotatable bonds is 2. The largest absolute Gasteiger partial charge is 0.286 e. The van der Waals surface area contributed by atoms with Crippen LogP contribution in [0.2, 0.25) is 0 Å². The van der Waals surface area contributed by atoms with E-state index in [0.717, 1.165) is 5.69 Å². The summed E-state index contributed by atoms with van der Waals surface area (Å²) in [6.45, 7) is 1.54. The molecule has 0 heterocycles. The molecule has 0 aromatic heterocycles. The summed E-state index contributed by atoms with van der Waals surface area (Å²) >= 11 is 0. The van der Waals surface area contributed by atoms with Crippen LogP contribution in [0.15, 0.2) is 30.3 Å². The van der Waals surface area contributed by atoms with Gasteiger partial charge in [0.1, 0.15) is 0 Å². The van der Waals surface area contributed by atoms with E-state index in [0.29, 0.717) is 0 Å². The molecule has 0 spiro atoms. The van der Waals surface area contributed by atoms with Gasteiger partial charge in [-0.05, 0) is 12.1 Å². The third kappa shape index (κ3) is 2.21. The van der Waals surface area contributed by atoms with Gasteiger partial charge in [0, 0.05) is 21.0 Å². The molecular formula is C10H14N2O. The van der Waals surface area contributed by atoms with Crippen LogP contribution in [0, 0.1) is 0 Å². The minimum absolute atomic E-state index is 0.0198. The molecule has 0 aliphatic rings. The Morgan fingerprint density at radius 1 is 1.15 bits per heavy atom. The number of benzene rings is 1. The summed E-state index contributed by atoms with van der Waals surface area (Å²) in [7, 11) is 3.60. The fourth-order valence-corrected chi connectivity index (χ4v) is 1.03. The van der Waals surface area contributed by atoms with E-state index in [1.54, 1.807) is 19.0 Å². The van der Waals surface area contributed by atoms with Gasteiger partial charge in [0.05, 0.1) is 5.69 Å². The van der Waals surface area contributed by atoms with Crippen LogP contribution in [-0.2, 0) is 4.79 Å². The second kappa shape index (κ2) is 3.94. The minimum atomic E-state index is 0.0198. The number of hydrogen-bond acceptors (Lipinski definition) is 2. The van der Waals surface area contributed by atoms with Gasteiger partial charge in [-0.1, -0.05) is 18.2 Å². The monoisotopic (exact) mass is 178 g/mol. The molecule has 1 aromatic carbocycles. The van der Waals surface area contributed by atoms with Crippen molar-refractivity contribution in [3.63, 3.8) is 0 Å². The van der Waals surface area contributed by atoms with Gasteiger partial charge in [-0.25, -0.2) is 0 Å². The summed E-state index contributed by atoms with van der Waals surface area (Å²) in [5.74, 6) is 0.0198. The molecular weight excluding hydrogens is 164 g/mol. The molecule has 0 N–H and O–H groups in total. The number of hydrazine groups is 1. The third-order valence-corrected chi connectivity index (χ3v) is 2.04. The molecule has 1 rings (SSSR count). The number of carbonyl (C=O) groups excluding carboxylic acids is 1. The zero-order chi connectivity index (χ0) is 9.84. The lowest BCUT2D eigenvalue weighted by molar-refractivity contribution is -0.127. The van der Waals surface area contributed by atoms with Gasteiger partial charge >= 0.3 is 0 Å². The zero-order valence-corrected chi connectivity index (χ0v) is 8.19. The number of hydrogen-bond donors (Lipinski definition) is 0. The SMILES string of the molecule is CC(=O)N(C)N(C)c1ccccc1. The van der Waals surface area contributed by atoms with Crippen molar-refractivity contribution in [2.45, 2.75) is 6.92 Å². The Morgan fingerprint density at radius 2 is 1.69 bits per heavy atom. The number of carbonyl (C=O) groups is 1. The summed E-state index contributed by atoms with van der Waals surface area (Å²) in [4.78, 5) is 11.0. The molecule has 0 aliphatic heterocycles. The van der Waals surface area contributed by atoms with E-state index < -0.39 is 0 Å². The number of nitrogens with zero attached hydrogens (tertiary/aromatic N) is 2. The third-order valence-electron chi connectivity index (χ3n) is 2.04. The van der Waals surface area contributed by atoms with Gasteiger partial charge in [-0.2, -0.15) is 0 Å². The number of anilines is 1. The lowest BCUT2D eigenvalue weighted by Crippen LogP contribution is -2.39. The van der Waals surface area contributed by atoms with E-state index in [9.17, 15) is 4.79 Å². The summed E-state index contributed by atoms with van der Waals surface area (Å²) in [5, 5.41) is 3.37. The van der Waals surface area contributed by atoms with Crippen LogP contribution in [0.25, 0.3) is 0 Å². The molecule has 0 aliphatic carbocycles. The molecule has 3 heteroatoms. The molecule has 0 bridgehead atoms. The number of para-hydroxylation sites is 1. The van der Waals surface area contributed by atoms with Crippen molar-refractivity contribution in [3.8, 4) is 0 Å². The fourth-order valence-electron chi connectivity index (χ4n) is 1.03. The van der Waals surface area contributed by atoms with Gasteiger partial charge < -0.3 is 0 Å². The maximum Gasteiger partial charge on any atom is 0.237 e. The average Bonchev–Trinajstić information content (AvgIpc) is 2.17. The van der Waals surface area contributed by atoms with E-state index in [1.165, 1.54) is 0 Å². The van der Waals surface area contributed by atoms with Gasteiger partial charge in [0.15, 0.2) is 0 Å². The van der Waals surface area contributed by atoms with Crippen LogP contribution in [0.3, 0.4) is 0 Å². The lowest BCUT2D eigenvalue weighted by atomic mass is 10.3. The van der Waals surface area contributed by atoms with Gasteiger partial charge in [-0.3, -0.25) is 14.8 Å². The number of amides is 1. The quantitative estimate of drug-likeness (QED) is 0.641. The van der Waals surface area contributed by atoms with Gasteiger partial charge in [-0.15, -0.1) is 0 Å². The molecule has 0 saturated carbocycles. The molecule has 0 radical (unpaired) electrons. The first-order valence-electron chi connectivity index (χ1n) is 4.16. The Labute approximate surface area is 78.5 Å². The molecule has 0 saturated heterocycles. The van der Waals surface area contributed by atoms with E-state index in [2.05, 4.69) is 0 Å². The van der Waals surface area contributed by atoms with Crippen molar-refractivity contribution < 1.29 is 4.79 Å². The van der Waals surface area contributed by atoms with Crippen LogP contribution in [0.5, 0.6) is 0 Å². The smallest absolute Gasteiger partial charge is 0.237 e. The highest BCUT2D eigenvalue weighted by atomic mass is 16.2. The first-order chi connectivity index (χ1) is 6.13. The van der Waals surface area contributed by atoms with Gasteiger partial charge in [0.2, 0.25) is 5.91 Å². The summed E-state index contributed by atoms with van der Waals surface area (Å²) in [5.41, 5.74) is 1.00. The van der Waals surface area contributed by atoms with E-state index in [4.69, 9.17) is 0 Å². The Balaban J connectivity index is 2.79. The van der Waals surface area contributed by atoms with Crippen molar-refractivity contribution in [2.24, 2.45) is 0 Å². The molecule has 0 atom stereocenters. The first kappa shape index (κ1) is 9.58. The van der Waals surface area contributed by atoms with Crippen LogP contribution in [-0.4, -0.2) is 25.0 Å². The Kier molecular flexibility index (Phi) is 2.90. The van der Waals surface area contributed by atoms with E-state index in [1.807, 2.05) is 42.4 Å². The predicted molar refractivity (Wildman–Crippen MR) is 53.3 cm³/mol. The molecule has 1 aromatic rings.